The molecule has 156 valence electrons. The number of carbonyl (C=O) groups excluding carboxylic acids is 1. The molecule has 0 N–H and O–H groups in total. The van der Waals surface area contributed by atoms with Crippen molar-refractivity contribution in [2.24, 2.45) is 0 Å². The van der Waals surface area contributed by atoms with Crippen LogP contribution < -0.4 is 4.74 Å². The second-order valence-corrected chi connectivity index (χ2v) is 8.86. The Kier molecular flexibility index (Phi) is 5.92. The zero-order valence-electron chi connectivity index (χ0n) is 16.3. The van der Waals surface area contributed by atoms with Crippen molar-refractivity contribution in [1.29, 1.82) is 0 Å². The molecule has 1 saturated heterocycles. The van der Waals surface area contributed by atoms with Gasteiger partial charge in [-0.15, -0.1) is 0 Å². The molecule has 0 radical (unpaired) electrons. The molecule has 1 saturated carbocycles. The van der Waals surface area contributed by atoms with Gasteiger partial charge in [0, 0.05) is 12.1 Å². The molecule has 0 atom stereocenters. The summed E-state index contributed by atoms with van der Waals surface area (Å²) in [4.78, 5) is 26.1. The molecule has 1 aromatic heterocycles. The average molecular weight is 445 g/mol. The van der Waals surface area contributed by atoms with E-state index in [9.17, 15) is 14.9 Å². The SMILES string of the molecule is COc1ccc(-c2ccc(/C=C3\SC(=S)N(C4CCCCC4)C3=O)o2)c([N+](=O)[O-])c1. The van der Waals surface area contributed by atoms with Gasteiger partial charge in [-0.1, -0.05) is 43.2 Å². The number of nitro groups is 1. The maximum atomic E-state index is 12.9. The molecule has 7 nitrogen and oxygen atoms in total. The van der Waals surface area contributed by atoms with Crippen molar-refractivity contribution < 1.29 is 18.9 Å². The van der Waals surface area contributed by atoms with Crippen LogP contribution in [0.2, 0.25) is 0 Å². The number of thioether (sulfide) groups is 1. The van der Waals surface area contributed by atoms with E-state index in [1.807, 2.05) is 0 Å². The highest BCUT2D eigenvalue weighted by molar-refractivity contribution is 8.26. The number of nitrogens with zero attached hydrogens (tertiary/aromatic N) is 2. The lowest BCUT2D eigenvalue weighted by atomic mass is 9.94. The van der Waals surface area contributed by atoms with Gasteiger partial charge in [0.05, 0.1) is 28.6 Å². The van der Waals surface area contributed by atoms with Gasteiger partial charge in [0.25, 0.3) is 11.6 Å². The minimum Gasteiger partial charge on any atom is -0.497 e. The predicted octanol–water partition coefficient (Wildman–Crippen LogP) is 5.40. The summed E-state index contributed by atoms with van der Waals surface area (Å²) in [7, 11) is 1.45. The number of methoxy groups -OCH3 is 1. The zero-order chi connectivity index (χ0) is 21.3. The highest BCUT2D eigenvalue weighted by atomic mass is 32.2. The Morgan fingerprint density at radius 2 is 2.03 bits per heavy atom. The summed E-state index contributed by atoms with van der Waals surface area (Å²) in [5.41, 5.74) is 0.231. The van der Waals surface area contributed by atoms with Crippen LogP contribution in [0, 0.1) is 10.1 Å². The molecular weight excluding hydrogens is 424 g/mol. The first-order chi connectivity index (χ1) is 14.5. The van der Waals surface area contributed by atoms with Crippen LogP contribution in [0.1, 0.15) is 37.9 Å². The van der Waals surface area contributed by atoms with E-state index < -0.39 is 4.92 Å². The Morgan fingerprint density at radius 3 is 2.73 bits per heavy atom. The van der Waals surface area contributed by atoms with Crippen LogP contribution in [0.4, 0.5) is 5.69 Å². The van der Waals surface area contributed by atoms with Crippen molar-refractivity contribution in [2.75, 3.05) is 7.11 Å². The van der Waals surface area contributed by atoms with E-state index in [2.05, 4.69) is 0 Å². The topological polar surface area (TPSA) is 85.8 Å². The van der Waals surface area contributed by atoms with E-state index in [0.29, 0.717) is 32.1 Å². The molecule has 1 aliphatic carbocycles. The molecule has 1 amide bonds. The number of amides is 1. The number of rotatable bonds is 5. The van der Waals surface area contributed by atoms with Gasteiger partial charge in [0.15, 0.2) is 0 Å². The summed E-state index contributed by atoms with van der Waals surface area (Å²) in [6, 6.07) is 8.10. The highest BCUT2D eigenvalue weighted by Crippen LogP contribution is 2.39. The van der Waals surface area contributed by atoms with Gasteiger partial charge in [-0.25, -0.2) is 0 Å². The van der Waals surface area contributed by atoms with Crippen molar-refractivity contribution >= 4 is 46.0 Å². The minimum atomic E-state index is -0.477. The summed E-state index contributed by atoms with van der Waals surface area (Å²) in [6.45, 7) is 0. The molecule has 2 fully saturated rings. The summed E-state index contributed by atoms with van der Waals surface area (Å²) < 4.78 is 11.5. The van der Waals surface area contributed by atoms with Crippen molar-refractivity contribution in [3.8, 4) is 17.1 Å². The first kappa shape index (κ1) is 20.6. The van der Waals surface area contributed by atoms with Gasteiger partial charge in [0.2, 0.25) is 0 Å². The van der Waals surface area contributed by atoms with Crippen molar-refractivity contribution in [2.45, 2.75) is 38.1 Å². The van der Waals surface area contributed by atoms with E-state index in [1.54, 1.807) is 35.2 Å². The van der Waals surface area contributed by atoms with Gasteiger partial charge in [0.1, 0.15) is 21.6 Å². The van der Waals surface area contributed by atoms with Crippen molar-refractivity contribution in [1.82, 2.24) is 4.90 Å². The van der Waals surface area contributed by atoms with Gasteiger partial charge < -0.3 is 9.15 Å². The molecule has 1 aliphatic heterocycles. The fraction of sp³-hybridized carbons (Fsp3) is 0.333. The van der Waals surface area contributed by atoms with Crippen LogP contribution in [-0.2, 0) is 4.79 Å². The summed E-state index contributed by atoms with van der Waals surface area (Å²) >= 11 is 6.73. The number of carbonyl (C=O) groups is 1. The van der Waals surface area contributed by atoms with Crippen LogP contribution in [0.15, 0.2) is 39.7 Å². The van der Waals surface area contributed by atoms with Crippen LogP contribution >= 0.6 is 24.0 Å². The second-order valence-electron chi connectivity index (χ2n) is 7.19. The Hall–Kier alpha value is -2.65. The number of ether oxygens (including phenoxy) is 1. The van der Waals surface area contributed by atoms with Crippen LogP contribution in [0.3, 0.4) is 0 Å². The minimum absolute atomic E-state index is 0.0923. The fourth-order valence-corrected chi connectivity index (χ4v) is 5.22. The summed E-state index contributed by atoms with van der Waals surface area (Å²) in [6.07, 6.45) is 7.04. The van der Waals surface area contributed by atoms with Crippen LogP contribution in [-0.4, -0.2) is 33.2 Å². The molecule has 9 heteroatoms. The molecule has 1 aromatic carbocycles. The Balaban J connectivity index is 1.59. The van der Waals surface area contributed by atoms with E-state index in [0.717, 1.165) is 25.7 Å². The third-order valence-corrected chi connectivity index (χ3v) is 6.66. The van der Waals surface area contributed by atoms with E-state index in [1.165, 1.54) is 31.4 Å². The lowest BCUT2D eigenvalue weighted by Crippen LogP contribution is -2.39. The average Bonchev–Trinajstić information content (AvgIpc) is 3.32. The quantitative estimate of drug-likeness (QED) is 0.264. The molecule has 30 heavy (non-hydrogen) atoms. The molecule has 0 bridgehead atoms. The monoisotopic (exact) mass is 444 g/mol. The Labute approximate surface area is 183 Å². The Morgan fingerprint density at radius 1 is 1.27 bits per heavy atom. The Bertz CT molecular complexity index is 1040. The smallest absolute Gasteiger partial charge is 0.284 e. The molecule has 0 unspecified atom stereocenters. The normalized spacial score (nSPS) is 19.0. The molecule has 2 aromatic rings. The second kappa shape index (κ2) is 8.61. The third kappa shape index (κ3) is 3.99. The van der Waals surface area contributed by atoms with Crippen LogP contribution in [0.5, 0.6) is 5.75 Å². The maximum absolute atomic E-state index is 12.9. The molecule has 0 spiro atoms. The number of nitro benzene ring substituents is 1. The van der Waals surface area contributed by atoms with Crippen LogP contribution in [0.25, 0.3) is 17.4 Å². The summed E-state index contributed by atoms with van der Waals surface area (Å²) in [5, 5.41) is 11.4. The van der Waals surface area contributed by atoms with Crippen molar-refractivity contribution in [3.63, 3.8) is 0 Å². The predicted molar refractivity (Wildman–Crippen MR) is 119 cm³/mol. The number of furan rings is 1. The number of thiocarbonyl (C=S) groups is 1. The standard InChI is InChI=1S/C21H20N2O5S2/c1-27-14-7-9-16(17(11-14)23(25)26)18-10-8-15(28-18)12-19-20(24)22(21(29)30-19)13-5-3-2-4-6-13/h7-13H,2-6H2,1H3/b19-12-. The van der Waals surface area contributed by atoms with Gasteiger partial charge in [-0.2, -0.15) is 0 Å². The largest absolute Gasteiger partial charge is 0.497 e. The summed E-state index contributed by atoms with van der Waals surface area (Å²) in [5.74, 6) is 1.09. The number of hydrogen-bond acceptors (Lipinski definition) is 7. The lowest BCUT2D eigenvalue weighted by Gasteiger charge is -2.29. The third-order valence-electron chi connectivity index (χ3n) is 5.33. The first-order valence-electron chi connectivity index (χ1n) is 9.67. The lowest BCUT2D eigenvalue weighted by molar-refractivity contribution is -0.384. The van der Waals surface area contributed by atoms with Gasteiger partial charge in [-0.05, 0) is 37.1 Å². The molecular formula is C21H20N2O5S2. The number of benzene rings is 1. The van der Waals surface area contributed by atoms with Gasteiger partial charge >= 0.3 is 0 Å². The highest BCUT2D eigenvalue weighted by Gasteiger charge is 2.37. The van der Waals surface area contributed by atoms with Crippen molar-refractivity contribution in [3.05, 3.63) is 51.1 Å². The van der Waals surface area contributed by atoms with E-state index >= 15 is 0 Å². The number of hydrogen-bond donors (Lipinski definition) is 0. The first-order valence-corrected chi connectivity index (χ1v) is 10.9. The fourth-order valence-electron chi connectivity index (χ4n) is 3.84. The van der Waals surface area contributed by atoms with E-state index in [4.69, 9.17) is 21.4 Å². The molecule has 2 heterocycles. The maximum Gasteiger partial charge on any atom is 0.284 e. The molecule has 4 rings (SSSR count). The molecule has 2 aliphatic rings. The van der Waals surface area contributed by atoms with E-state index in [-0.39, 0.29) is 17.6 Å². The zero-order valence-corrected chi connectivity index (χ0v) is 18.0. The van der Waals surface area contributed by atoms with Gasteiger partial charge in [-0.3, -0.25) is 19.8 Å².